The monoisotopic (exact) mass is 295 g/mol. The van der Waals surface area contributed by atoms with Crippen LogP contribution in [0.5, 0.6) is 5.75 Å². The summed E-state index contributed by atoms with van der Waals surface area (Å²) in [6, 6.07) is 8.23. The van der Waals surface area contributed by atoms with Crippen molar-refractivity contribution in [3.8, 4) is 5.75 Å². The minimum atomic E-state index is -0.393. The van der Waals surface area contributed by atoms with E-state index in [0.29, 0.717) is 13.2 Å². The molecular formula is C15H21NO3S. The fourth-order valence-electron chi connectivity index (χ4n) is 2.90. The van der Waals surface area contributed by atoms with Gasteiger partial charge in [0, 0.05) is 29.0 Å². The van der Waals surface area contributed by atoms with E-state index in [1.807, 2.05) is 18.2 Å². The normalized spacial score (nSPS) is 28.7. The van der Waals surface area contributed by atoms with E-state index in [9.17, 15) is 0 Å². The Morgan fingerprint density at radius 1 is 1.30 bits per heavy atom. The Morgan fingerprint density at radius 3 is 2.80 bits per heavy atom. The van der Waals surface area contributed by atoms with E-state index in [1.54, 1.807) is 18.9 Å². The zero-order valence-corrected chi connectivity index (χ0v) is 12.5. The third-order valence-electron chi connectivity index (χ3n) is 4.01. The summed E-state index contributed by atoms with van der Waals surface area (Å²) in [5.41, 5.74) is 6.30. The van der Waals surface area contributed by atoms with Gasteiger partial charge in [0.05, 0.1) is 20.3 Å². The summed E-state index contributed by atoms with van der Waals surface area (Å²) in [6.45, 7) is 1.39. The molecule has 2 aliphatic rings. The van der Waals surface area contributed by atoms with Gasteiger partial charge in [0.25, 0.3) is 0 Å². The summed E-state index contributed by atoms with van der Waals surface area (Å²) in [5.74, 6) is 0.507. The highest BCUT2D eigenvalue weighted by atomic mass is 32.2. The molecule has 2 N–H and O–H groups in total. The molecule has 0 amide bonds. The number of para-hydroxylation sites is 1. The molecule has 0 radical (unpaired) electrons. The average Bonchev–Trinajstić information content (AvgIpc) is 2.92. The Kier molecular flexibility index (Phi) is 4.21. The van der Waals surface area contributed by atoms with Gasteiger partial charge < -0.3 is 19.9 Å². The number of thioether (sulfide) groups is 1. The van der Waals surface area contributed by atoms with E-state index in [2.05, 4.69) is 6.07 Å². The third-order valence-corrected chi connectivity index (χ3v) is 5.42. The van der Waals surface area contributed by atoms with Gasteiger partial charge in [-0.15, -0.1) is 11.8 Å². The number of rotatable bonds is 3. The first-order valence-corrected chi connectivity index (χ1v) is 7.94. The Balaban J connectivity index is 1.74. The van der Waals surface area contributed by atoms with Crippen molar-refractivity contribution in [2.45, 2.75) is 41.2 Å². The molecule has 0 bridgehead atoms. The Labute approximate surface area is 124 Å². The van der Waals surface area contributed by atoms with Gasteiger partial charge in [-0.1, -0.05) is 12.1 Å². The second kappa shape index (κ2) is 5.93. The standard InChI is InChI=1S/C15H21NO3S/c1-17-12-4-2-3-5-13(12)20-14-10-15(7-6-11(14)16)18-8-9-19-15/h2-5,11,14H,6-10,16H2,1H3. The molecule has 1 spiro atoms. The predicted molar refractivity (Wildman–Crippen MR) is 79.1 cm³/mol. The fourth-order valence-corrected chi connectivity index (χ4v) is 4.30. The van der Waals surface area contributed by atoms with Crippen molar-refractivity contribution in [1.29, 1.82) is 0 Å². The fraction of sp³-hybridized carbons (Fsp3) is 0.600. The highest BCUT2D eigenvalue weighted by molar-refractivity contribution is 8.00. The van der Waals surface area contributed by atoms with E-state index in [4.69, 9.17) is 19.9 Å². The summed E-state index contributed by atoms with van der Waals surface area (Å²) < 4.78 is 17.1. The van der Waals surface area contributed by atoms with Crippen molar-refractivity contribution in [3.63, 3.8) is 0 Å². The highest BCUT2D eigenvalue weighted by Gasteiger charge is 2.44. The van der Waals surface area contributed by atoms with E-state index in [0.717, 1.165) is 29.9 Å². The molecule has 3 rings (SSSR count). The largest absolute Gasteiger partial charge is 0.496 e. The van der Waals surface area contributed by atoms with Gasteiger partial charge >= 0.3 is 0 Å². The zero-order chi connectivity index (χ0) is 14.0. The lowest BCUT2D eigenvalue weighted by Gasteiger charge is -2.39. The lowest BCUT2D eigenvalue weighted by Crippen LogP contribution is -2.47. The number of nitrogens with two attached hydrogens (primary N) is 1. The van der Waals surface area contributed by atoms with E-state index in [-0.39, 0.29) is 11.3 Å². The minimum absolute atomic E-state index is 0.170. The van der Waals surface area contributed by atoms with E-state index in [1.165, 1.54) is 0 Å². The van der Waals surface area contributed by atoms with E-state index < -0.39 is 5.79 Å². The van der Waals surface area contributed by atoms with Gasteiger partial charge in [-0.3, -0.25) is 0 Å². The number of hydrogen-bond donors (Lipinski definition) is 1. The van der Waals surface area contributed by atoms with Gasteiger partial charge in [-0.05, 0) is 18.6 Å². The van der Waals surface area contributed by atoms with Gasteiger partial charge in [0.1, 0.15) is 5.75 Å². The molecule has 2 fully saturated rings. The molecule has 2 unspecified atom stereocenters. The summed E-state index contributed by atoms with van der Waals surface area (Å²) in [4.78, 5) is 1.13. The van der Waals surface area contributed by atoms with Crippen molar-refractivity contribution < 1.29 is 14.2 Å². The van der Waals surface area contributed by atoms with Crippen molar-refractivity contribution in [1.82, 2.24) is 0 Å². The van der Waals surface area contributed by atoms with Crippen LogP contribution in [-0.4, -0.2) is 37.4 Å². The second-order valence-electron chi connectivity index (χ2n) is 5.32. The molecular weight excluding hydrogens is 274 g/mol. The van der Waals surface area contributed by atoms with Crippen LogP contribution in [0.3, 0.4) is 0 Å². The molecule has 1 aliphatic carbocycles. The Bertz CT molecular complexity index is 462. The number of benzene rings is 1. The molecule has 1 saturated carbocycles. The number of hydrogen-bond acceptors (Lipinski definition) is 5. The van der Waals surface area contributed by atoms with Crippen LogP contribution < -0.4 is 10.5 Å². The molecule has 1 heterocycles. The molecule has 4 nitrogen and oxygen atoms in total. The molecule has 1 saturated heterocycles. The second-order valence-corrected chi connectivity index (χ2v) is 6.60. The summed E-state index contributed by atoms with van der Waals surface area (Å²) in [6.07, 6.45) is 2.68. The maximum Gasteiger partial charge on any atom is 0.169 e. The summed E-state index contributed by atoms with van der Waals surface area (Å²) in [5, 5.41) is 0.290. The SMILES string of the molecule is COc1ccccc1SC1CC2(CCC1N)OCCO2. The van der Waals surface area contributed by atoms with Crippen molar-refractivity contribution in [3.05, 3.63) is 24.3 Å². The predicted octanol–water partition coefficient (Wildman–Crippen LogP) is 2.41. The first-order valence-electron chi connectivity index (χ1n) is 7.06. The first-order chi connectivity index (χ1) is 9.72. The topological polar surface area (TPSA) is 53.7 Å². The molecule has 2 atom stereocenters. The maximum absolute atomic E-state index is 6.30. The Morgan fingerprint density at radius 2 is 2.05 bits per heavy atom. The lowest BCUT2D eigenvalue weighted by atomic mass is 9.90. The smallest absolute Gasteiger partial charge is 0.169 e. The van der Waals surface area contributed by atoms with Crippen LogP contribution in [0, 0.1) is 0 Å². The first kappa shape index (κ1) is 14.2. The zero-order valence-electron chi connectivity index (χ0n) is 11.7. The van der Waals surface area contributed by atoms with E-state index >= 15 is 0 Å². The Hall–Kier alpha value is -0.750. The molecule has 1 aromatic carbocycles. The molecule has 110 valence electrons. The molecule has 1 aromatic rings. The van der Waals surface area contributed by atoms with Crippen LogP contribution in [0.1, 0.15) is 19.3 Å². The van der Waals surface area contributed by atoms with Gasteiger partial charge in [0.15, 0.2) is 5.79 Å². The van der Waals surface area contributed by atoms with Crippen molar-refractivity contribution in [2.24, 2.45) is 5.73 Å². The molecule has 0 aromatic heterocycles. The van der Waals surface area contributed by atoms with Crippen LogP contribution in [0.25, 0.3) is 0 Å². The van der Waals surface area contributed by atoms with Gasteiger partial charge in [-0.2, -0.15) is 0 Å². The van der Waals surface area contributed by atoms with Gasteiger partial charge in [0.2, 0.25) is 0 Å². The summed E-state index contributed by atoms with van der Waals surface area (Å²) in [7, 11) is 1.70. The quantitative estimate of drug-likeness (QED) is 0.928. The third kappa shape index (κ3) is 2.81. The van der Waals surface area contributed by atoms with Crippen LogP contribution >= 0.6 is 11.8 Å². The van der Waals surface area contributed by atoms with Gasteiger partial charge in [-0.25, -0.2) is 0 Å². The number of methoxy groups -OCH3 is 1. The molecule has 20 heavy (non-hydrogen) atoms. The molecule has 5 heteroatoms. The van der Waals surface area contributed by atoms with Crippen LogP contribution in [0.15, 0.2) is 29.2 Å². The number of ether oxygens (including phenoxy) is 3. The average molecular weight is 295 g/mol. The van der Waals surface area contributed by atoms with Crippen LogP contribution in [0.2, 0.25) is 0 Å². The maximum atomic E-state index is 6.30. The van der Waals surface area contributed by atoms with Crippen molar-refractivity contribution in [2.75, 3.05) is 20.3 Å². The summed E-state index contributed by atoms with van der Waals surface area (Å²) >= 11 is 1.77. The van der Waals surface area contributed by atoms with Crippen molar-refractivity contribution >= 4 is 11.8 Å². The minimum Gasteiger partial charge on any atom is -0.496 e. The highest BCUT2D eigenvalue weighted by Crippen LogP contribution is 2.43. The van der Waals surface area contributed by atoms with Crippen LogP contribution in [0.4, 0.5) is 0 Å². The molecule has 1 aliphatic heterocycles. The van der Waals surface area contributed by atoms with Crippen LogP contribution in [-0.2, 0) is 9.47 Å². The lowest BCUT2D eigenvalue weighted by molar-refractivity contribution is -0.176.